The van der Waals surface area contributed by atoms with Crippen molar-refractivity contribution in [1.82, 2.24) is 9.88 Å². The lowest BCUT2D eigenvalue weighted by Crippen LogP contribution is -2.44. The van der Waals surface area contributed by atoms with Gasteiger partial charge in [-0.3, -0.25) is 0 Å². The fourth-order valence-electron chi connectivity index (χ4n) is 3.11. The van der Waals surface area contributed by atoms with Crippen LogP contribution in [0, 0.1) is 0 Å². The smallest absolute Gasteiger partial charge is 0.410 e. The lowest BCUT2D eigenvalue weighted by molar-refractivity contribution is 0.0210. The van der Waals surface area contributed by atoms with Crippen LogP contribution < -0.4 is 11.1 Å². The molecule has 1 saturated heterocycles. The zero-order valence-corrected chi connectivity index (χ0v) is 16.1. The lowest BCUT2D eigenvalue weighted by Gasteiger charge is -2.34. The van der Waals surface area contributed by atoms with Gasteiger partial charge in [-0.2, -0.15) is 0 Å². The van der Waals surface area contributed by atoms with Gasteiger partial charge in [0, 0.05) is 46.8 Å². The standard InChI is InChI=1S/C19H25ClN4O2/c1-19(2,3)26-18(25)24-6-4-14(5-7-24)23-16-9-13(20)8-12-11-22-17(21)10-15(12)16/h8-11,14,23H,4-7H2,1-3H3,(H2,21,22). The molecule has 0 saturated carbocycles. The zero-order chi connectivity index (χ0) is 18.9. The van der Waals surface area contributed by atoms with E-state index in [4.69, 9.17) is 22.1 Å². The number of rotatable bonds is 2. The third-order valence-electron chi connectivity index (χ3n) is 4.33. The summed E-state index contributed by atoms with van der Waals surface area (Å²) in [6.07, 6.45) is 3.16. The van der Waals surface area contributed by atoms with E-state index in [1.807, 2.05) is 39.0 Å². The second-order valence-corrected chi connectivity index (χ2v) is 8.11. The van der Waals surface area contributed by atoms with E-state index in [1.54, 1.807) is 11.1 Å². The summed E-state index contributed by atoms with van der Waals surface area (Å²) < 4.78 is 5.45. The first kappa shape index (κ1) is 18.6. The van der Waals surface area contributed by atoms with E-state index in [-0.39, 0.29) is 12.1 Å². The highest BCUT2D eigenvalue weighted by molar-refractivity contribution is 6.32. The Bertz CT molecular complexity index is 811. The van der Waals surface area contributed by atoms with E-state index in [0.29, 0.717) is 23.9 Å². The summed E-state index contributed by atoms with van der Waals surface area (Å²) in [4.78, 5) is 18.1. The van der Waals surface area contributed by atoms with Gasteiger partial charge in [-0.05, 0) is 51.8 Å². The first-order valence-electron chi connectivity index (χ1n) is 8.80. The van der Waals surface area contributed by atoms with Crippen molar-refractivity contribution in [2.45, 2.75) is 45.3 Å². The zero-order valence-electron chi connectivity index (χ0n) is 15.4. The van der Waals surface area contributed by atoms with Crippen molar-refractivity contribution in [3.63, 3.8) is 0 Å². The molecule has 0 bridgehead atoms. The summed E-state index contributed by atoms with van der Waals surface area (Å²) >= 11 is 6.24. The van der Waals surface area contributed by atoms with Crippen LogP contribution in [0.3, 0.4) is 0 Å². The maximum Gasteiger partial charge on any atom is 0.410 e. The number of amides is 1. The van der Waals surface area contributed by atoms with E-state index in [9.17, 15) is 4.79 Å². The number of piperidine rings is 1. The van der Waals surface area contributed by atoms with Crippen molar-refractivity contribution in [1.29, 1.82) is 0 Å². The summed E-state index contributed by atoms with van der Waals surface area (Å²) in [6, 6.07) is 5.89. The summed E-state index contributed by atoms with van der Waals surface area (Å²) in [7, 11) is 0. The molecule has 26 heavy (non-hydrogen) atoms. The third-order valence-corrected chi connectivity index (χ3v) is 4.55. The van der Waals surface area contributed by atoms with E-state index >= 15 is 0 Å². The Hall–Kier alpha value is -2.21. The predicted octanol–water partition coefficient (Wildman–Crippen LogP) is 4.28. The van der Waals surface area contributed by atoms with Crippen molar-refractivity contribution < 1.29 is 9.53 Å². The van der Waals surface area contributed by atoms with Gasteiger partial charge in [0.05, 0.1) is 0 Å². The van der Waals surface area contributed by atoms with Gasteiger partial charge >= 0.3 is 6.09 Å². The molecule has 3 rings (SSSR count). The molecule has 0 spiro atoms. The van der Waals surface area contributed by atoms with Gasteiger partial charge in [0.2, 0.25) is 0 Å². The molecule has 140 valence electrons. The molecule has 1 aromatic carbocycles. The van der Waals surface area contributed by atoms with Crippen LogP contribution in [0.25, 0.3) is 10.8 Å². The minimum absolute atomic E-state index is 0.247. The number of nitrogen functional groups attached to an aromatic ring is 1. The maximum absolute atomic E-state index is 12.2. The van der Waals surface area contributed by atoms with Crippen LogP contribution in [0.4, 0.5) is 16.3 Å². The lowest BCUT2D eigenvalue weighted by atomic mass is 10.0. The van der Waals surface area contributed by atoms with Crippen LogP contribution in [0.2, 0.25) is 5.02 Å². The van der Waals surface area contributed by atoms with Crippen LogP contribution in [0.5, 0.6) is 0 Å². The number of nitrogens with two attached hydrogens (primary N) is 1. The van der Waals surface area contributed by atoms with Crippen molar-refractivity contribution in [2.75, 3.05) is 24.1 Å². The Morgan fingerprint density at radius 3 is 2.65 bits per heavy atom. The minimum atomic E-state index is -0.472. The summed E-state index contributed by atoms with van der Waals surface area (Å²) in [5, 5.41) is 6.15. The number of aromatic nitrogens is 1. The molecule has 3 N–H and O–H groups in total. The topological polar surface area (TPSA) is 80.5 Å². The van der Waals surface area contributed by atoms with Gasteiger partial charge in [0.1, 0.15) is 11.4 Å². The minimum Gasteiger partial charge on any atom is -0.444 e. The summed E-state index contributed by atoms with van der Waals surface area (Å²) in [6.45, 7) is 6.96. The van der Waals surface area contributed by atoms with Crippen molar-refractivity contribution >= 4 is 40.0 Å². The molecule has 0 aliphatic carbocycles. The fourth-order valence-corrected chi connectivity index (χ4v) is 3.34. The van der Waals surface area contributed by atoms with Gasteiger partial charge in [0.15, 0.2) is 0 Å². The molecular formula is C19H25ClN4O2. The van der Waals surface area contributed by atoms with Gasteiger partial charge in [-0.25, -0.2) is 9.78 Å². The molecule has 0 atom stereocenters. The number of pyridine rings is 1. The molecule has 1 aromatic heterocycles. The maximum atomic E-state index is 12.2. The molecular weight excluding hydrogens is 352 g/mol. The SMILES string of the molecule is CC(C)(C)OC(=O)N1CCC(Nc2cc(Cl)cc3cnc(N)cc23)CC1. The number of anilines is 2. The average molecular weight is 377 g/mol. The van der Waals surface area contributed by atoms with Crippen LogP contribution in [-0.2, 0) is 4.74 Å². The highest BCUT2D eigenvalue weighted by Crippen LogP contribution is 2.30. The molecule has 0 unspecified atom stereocenters. The molecule has 6 nitrogen and oxygen atoms in total. The van der Waals surface area contributed by atoms with E-state index in [0.717, 1.165) is 29.3 Å². The monoisotopic (exact) mass is 376 g/mol. The van der Waals surface area contributed by atoms with Crippen LogP contribution >= 0.6 is 11.6 Å². The number of hydrogen-bond donors (Lipinski definition) is 2. The predicted molar refractivity (Wildman–Crippen MR) is 106 cm³/mol. The number of nitrogens with one attached hydrogen (secondary N) is 1. The van der Waals surface area contributed by atoms with E-state index < -0.39 is 5.60 Å². The first-order valence-corrected chi connectivity index (χ1v) is 9.18. The molecule has 2 aromatic rings. The molecule has 1 aliphatic heterocycles. The van der Waals surface area contributed by atoms with E-state index in [1.165, 1.54) is 0 Å². The first-order chi connectivity index (χ1) is 12.2. The van der Waals surface area contributed by atoms with Gasteiger partial charge < -0.3 is 20.7 Å². The van der Waals surface area contributed by atoms with E-state index in [2.05, 4.69) is 10.3 Å². The number of nitrogens with zero attached hydrogens (tertiary/aromatic N) is 2. The Morgan fingerprint density at radius 1 is 1.31 bits per heavy atom. The van der Waals surface area contributed by atoms with Crippen molar-refractivity contribution in [2.24, 2.45) is 0 Å². The Morgan fingerprint density at radius 2 is 2.00 bits per heavy atom. The number of carbonyl (C=O) groups is 1. The molecule has 1 amide bonds. The number of hydrogen-bond acceptors (Lipinski definition) is 5. The second-order valence-electron chi connectivity index (χ2n) is 7.67. The molecule has 2 heterocycles. The highest BCUT2D eigenvalue weighted by atomic mass is 35.5. The molecule has 1 fully saturated rings. The normalized spacial score (nSPS) is 15.9. The average Bonchev–Trinajstić information content (AvgIpc) is 2.54. The summed E-state index contributed by atoms with van der Waals surface area (Å²) in [5.41, 5.74) is 6.31. The van der Waals surface area contributed by atoms with Crippen LogP contribution in [-0.4, -0.2) is 40.7 Å². The van der Waals surface area contributed by atoms with Crippen molar-refractivity contribution in [3.8, 4) is 0 Å². The molecule has 7 heteroatoms. The Balaban J connectivity index is 1.68. The number of ether oxygens (including phenoxy) is 1. The largest absolute Gasteiger partial charge is 0.444 e. The Kier molecular flexibility index (Phi) is 5.14. The van der Waals surface area contributed by atoms with Crippen molar-refractivity contribution in [3.05, 3.63) is 29.4 Å². The number of likely N-dealkylation sites (tertiary alicyclic amines) is 1. The van der Waals surface area contributed by atoms with Gasteiger partial charge in [-0.1, -0.05) is 11.6 Å². The summed E-state index contributed by atoms with van der Waals surface area (Å²) in [5.74, 6) is 0.475. The number of benzene rings is 1. The van der Waals surface area contributed by atoms with Crippen LogP contribution in [0.15, 0.2) is 24.4 Å². The number of fused-ring (bicyclic) bond motifs is 1. The quantitative estimate of drug-likeness (QED) is 0.817. The third kappa shape index (κ3) is 4.49. The molecule has 1 aliphatic rings. The molecule has 0 radical (unpaired) electrons. The van der Waals surface area contributed by atoms with Crippen LogP contribution in [0.1, 0.15) is 33.6 Å². The second kappa shape index (κ2) is 7.19. The van der Waals surface area contributed by atoms with Gasteiger partial charge in [0.25, 0.3) is 0 Å². The Labute approximate surface area is 158 Å². The highest BCUT2D eigenvalue weighted by Gasteiger charge is 2.27. The van der Waals surface area contributed by atoms with Gasteiger partial charge in [-0.15, -0.1) is 0 Å². The fraction of sp³-hybridized carbons (Fsp3) is 0.474. The number of carbonyl (C=O) groups excluding carboxylic acids is 1. The number of halogens is 1.